The number of hydrogen-bond acceptors (Lipinski definition) is 3. The highest BCUT2D eigenvalue weighted by molar-refractivity contribution is 7.84. The summed E-state index contributed by atoms with van der Waals surface area (Å²) in [5, 5.41) is 0. The third-order valence-electron chi connectivity index (χ3n) is 2.01. The number of nitrogens with two attached hydrogens (primary N) is 1. The maximum Gasteiger partial charge on any atom is 0.142 e. The van der Waals surface area contributed by atoms with E-state index in [9.17, 15) is 4.21 Å². The minimum atomic E-state index is -0.701. The van der Waals surface area contributed by atoms with Crippen molar-refractivity contribution in [3.63, 3.8) is 0 Å². The van der Waals surface area contributed by atoms with E-state index in [1.54, 1.807) is 6.07 Å². The fourth-order valence-electron chi connectivity index (χ4n) is 1.16. The van der Waals surface area contributed by atoms with Gasteiger partial charge in [-0.2, -0.15) is 0 Å². The van der Waals surface area contributed by atoms with Crippen molar-refractivity contribution in [3.05, 3.63) is 24.3 Å². The molecular formula is C11H17NO2S. The smallest absolute Gasteiger partial charge is 0.142 e. The molecule has 0 aliphatic carbocycles. The predicted molar refractivity (Wildman–Crippen MR) is 64.5 cm³/mol. The monoisotopic (exact) mass is 227 g/mol. The van der Waals surface area contributed by atoms with E-state index in [1.165, 1.54) is 0 Å². The molecule has 0 saturated heterocycles. The molecule has 0 heterocycles. The Bertz CT molecular complexity index is 328. The average Bonchev–Trinajstić information content (AvgIpc) is 2.26. The lowest BCUT2D eigenvalue weighted by Gasteiger charge is -2.07. The molecule has 0 aromatic heterocycles. The van der Waals surface area contributed by atoms with E-state index in [4.69, 9.17) is 10.5 Å². The van der Waals surface area contributed by atoms with Crippen LogP contribution in [0.15, 0.2) is 24.3 Å². The van der Waals surface area contributed by atoms with Gasteiger partial charge in [-0.25, -0.2) is 0 Å². The van der Waals surface area contributed by atoms with Gasteiger partial charge >= 0.3 is 0 Å². The van der Waals surface area contributed by atoms with Crippen LogP contribution in [0.3, 0.4) is 0 Å². The molecule has 0 saturated carbocycles. The first-order valence-electron chi connectivity index (χ1n) is 5.06. The summed E-state index contributed by atoms with van der Waals surface area (Å²) in [5.41, 5.74) is 6.35. The van der Waals surface area contributed by atoms with E-state index < -0.39 is 10.8 Å². The van der Waals surface area contributed by atoms with E-state index in [2.05, 4.69) is 0 Å². The second-order valence-corrected chi connectivity index (χ2v) is 5.04. The third kappa shape index (κ3) is 4.34. The molecule has 3 nitrogen and oxygen atoms in total. The highest BCUT2D eigenvalue weighted by Crippen LogP contribution is 2.19. The normalized spacial score (nSPS) is 12.3. The molecule has 4 heteroatoms. The van der Waals surface area contributed by atoms with Crippen molar-refractivity contribution in [3.8, 4) is 5.75 Å². The van der Waals surface area contributed by atoms with Crippen molar-refractivity contribution in [1.29, 1.82) is 0 Å². The van der Waals surface area contributed by atoms with Crippen LogP contribution >= 0.6 is 0 Å². The van der Waals surface area contributed by atoms with Crippen molar-refractivity contribution in [2.24, 2.45) is 0 Å². The minimum Gasteiger partial charge on any atom is -0.491 e. The molecule has 0 radical (unpaired) electrons. The predicted octanol–water partition coefficient (Wildman–Crippen LogP) is 1.81. The molecule has 1 unspecified atom stereocenters. The molecule has 0 amide bonds. The number of rotatable bonds is 6. The van der Waals surface area contributed by atoms with Crippen LogP contribution in [0.4, 0.5) is 5.69 Å². The molecule has 0 aliphatic rings. The molecule has 2 N–H and O–H groups in total. The van der Waals surface area contributed by atoms with E-state index in [0.29, 0.717) is 29.5 Å². The fourth-order valence-corrected chi connectivity index (χ4v) is 1.89. The SMILES string of the molecule is CCS(=O)CCCOc1ccccc1N. The molecule has 0 bridgehead atoms. The summed E-state index contributed by atoms with van der Waals surface area (Å²) in [6.45, 7) is 2.49. The van der Waals surface area contributed by atoms with Gasteiger partial charge in [-0.15, -0.1) is 0 Å². The van der Waals surface area contributed by atoms with Crippen molar-refractivity contribution in [2.45, 2.75) is 13.3 Å². The quantitative estimate of drug-likeness (QED) is 0.595. The summed E-state index contributed by atoms with van der Waals surface area (Å²) in [6.07, 6.45) is 0.800. The number of hydrogen-bond donors (Lipinski definition) is 1. The molecule has 0 spiro atoms. The maximum absolute atomic E-state index is 11.1. The Balaban J connectivity index is 2.26. The van der Waals surface area contributed by atoms with Crippen LogP contribution in [0.1, 0.15) is 13.3 Å². The highest BCUT2D eigenvalue weighted by atomic mass is 32.2. The Morgan fingerprint density at radius 1 is 1.40 bits per heavy atom. The zero-order chi connectivity index (χ0) is 11.1. The first-order chi connectivity index (χ1) is 7.24. The summed E-state index contributed by atoms with van der Waals surface area (Å²) >= 11 is 0. The van der Waals surface area contributed by atoms with Gasteiger partial charge in [0, 0.05) is 22.3 Å². The van der Waals surface area contributed by atoms with Gasteiger partial charge in [-0.3, -0.25) is 4.21 Å². The highest BCUT2D eigenvalue weighted by Gasteiger charge is 1.99. The van der Waals surface area contributed by atoms with Gasteiger partial charge in [0.25, 0.3) is 0 Å². The Morgan fingerprint density at radius 2 is 2.13 bits per heavy atom. The van der Waals surface area contributed by atoms with Crippen molar-refractivity contribution < 1.29 is 8.95 Å². The molecule has 0 aliphatic heterocycles. The first-order valence-corrected chi connectivity index (χ1v) is 6.55. The van der Waals surface area contributed by atoms with E-state index >= 15 is 0 Å². The molecule has 15 heavy (non-hydrogen) atoms. The molecule has 84 valence electrons. The van der Waals surface area contributed by atoms with Gasteiger partial charge in [0.15, 0.2) is 0 Å². The van der Waals surface area contributed by atoms with Crippen LogP contribution < -0.4 is 10.5 Å². The summed E-state index contributed by atoms with van der Waals surface area (Å²) in [7, 11) is -0.701. The van der Waals surface area contributed by atoms with E-state index in [-0.39, 0.29) is 0 Å². The van der Waals surface area contributed by atoms with Crippen LogP contribution in [0.25, 0.3) is 0 Å². The molecule has 1 aromatic carbocycles. The lowest BCUT2D eigenvalue weighted by atomic mass is 10.3. The van der Waals surface area contributed by atoms with Gasteiger partial charge in [0.1, 0.15) is 5.75 Å². The molecule has 0 fully saturated rings. The average molecular weight is 227 g/mol. The van der Waals surface area contributed by atoms with Gasteiger partial charge in [0.2, 0.25) is 0 Å². The second-order valence-electron chi connectivity index (χ2n) is 3.17. The summed E-state index contributed by atoms with van der Waals surface area (Å²) in [4.78, 5) is 0. The number of anilines is 1. The number of ether oxygens (including phenoxy) is 1. The zero-order valence-electron chi connectivity index (χ0n) is 8.94. The Hall–Kier alpha value is -1.03. The minimum absolute atomic E-state index is 0.569. The maximum atomic E-state index is 11.1. The Kier molecular flexibility index (Phi) is 5.18. The topological polar surface area (TPSA) is 52.3 Å². The third-order valence-corrected chi connectivity index (χ3v) is 3.40. The Morgan fingerprint density at radius 3 is 2.80 bits per heavy atom. The standard InChI is InChI=1S/C11H17NO2S/c1-2-15(13)9-5-8-14-11-7-4-3-6-10(11)12/h3-4,6-7H,2,5,8-9,12H2,1H3. The lowest BCUT2D eigenvalue weighted by Crippen LogP contribution is -2.06. The van der Waals surface area contributed by atoms with Crippen LogP contribution in [0.5, 0.6) is 5.75 Å². The number of benzene rings is 1. The molecule has 1 rings (SSSR count). The Labute approximate surface area is 93.1 Å². The van der Waals surface area contributed by atoms with Crippen LogP contribution in [-0.4, -0.2) is 22.3 Å². The van der Waals surface area contributed by atoms with Crippen LogP contribution in [0, 0.1) is 0 Å². The zero-order valence-corrected chi connectivity index (χ0v) is 9.76. The van der Waals surface area contributed by atoms with Crippen molar-refractivity contribution in [2.75, 3.05) is 23.8 Å². The van der Waals surface area contributed by atoms with Gasteiger partial charge < -0.3 is 10.5 Å². The number of nitrogen functional groups attached to an aromatic ring is 1. The van der Waals surface area contributed by atoms with Gasteiger partial charge in [0.05, 0.1) is 12.3 Å². The summed E-state index contributed by atoms with van der Waals surface area (Å²) < 4.78 is 16.6. The first kappa shape index (κ1) is 12.0. The van der Waals surface area contributed by atoms with E-state index in [1.807, 2.05) is 25.1 Å². The van der Waals surface area contributed by atoms with Gasteiger partial charge in [-0.1, -0.05) is 19.1 Å². The molecule has 1 aromatic rings. The van der Waals surface area contributed by atoms with Crippen molar-refractivity contribution >= 4 is 16.5 Å². The summed E-state index contributed by atoms with van der Waals surface area (Å²) in [5.74, 6) is 2.12. The lowest BCUT2D eigenvalue weighted by molar-refractivity contribution is 0.320. The van der Waals surface area contributed by atoms with Gasteiger partial charge in [-0.05, 0) is 18.6 Å². The van der Waals surface area contributed by atoms with Crippen LogP contribution in [-0.2, 0) is 10.8 Å². The largest absolute Gasteiger partial charge is 0.491 e. The number of para-hydroxylation sites is 2. The second kappa shape index (κ2) is 6.45. The summed E-state index contributed by atoms with van der Waals surface area (Å²) in [6, 6.07) is 7.40. The van der Waals surface area contributed by atoms with E-state index in [0.717, 1.165) is 6.42 Å². The van der Waals surface area contributed by atoms with Crippen molar-refractivity contribution in [1.82, 2.24) is 0 Å². The fraction of sp³-hybridized carbons (Fsp3) is 0.455. The molecule has 1 atom stereocenters. The molecular weight excluding hydrogens is 210 g/mol. The van der Waals surface area contributed by atoms with Crippen LogP contribution in [0.2, 0.25) is 0 Å².